The molecule has 0 amide bonds. The number of carbonyl (C=O) groups is 1. The Bertz CT molecular complexity index is 650. The Morgan fingerprint density at radius 3 is 1.86 bits per heavy atom. The van der Waals surface area contributed by atoms with E-state index >= 15 is 0 Å². The van der Waals surface area contributed by atoms with Gasteiger partial charge in [-0.3, -0.25) is 4.79 Å². The van der Waals surface area contributed by atoms with Crippen molar-refractivity contribution in [1.29, 1.82) is 0 Å². The standard InChI is InChI=1S/C22H36O7/c1-21(2,3)14-9-13(10-15(19(14)27)22(4,5)6)7-8-29-18(26)11-16(24)20(28)17(25)12-23/h9-10,16-17,20,23-25,27-28H,7-8,11-12H2,1-6H3. The molecule has 0 radical (unpaired) electrons. The number of aliphatic hydroxyl groups excluding tert-OH is 4. The molecule has 29 heavy (non-hydrogen) atoms. The van der Waals surface area contributed by atoms with Gasteiger partial charge in [0.2, 0.25) is 0 Å². The number of phenolic OH excluding ortho intramolecular Hbond substituents is 1. The van der Waals surface area contributed by atoms with Gasteiger partial charge >= 0.3 is 5.97 Å². The number of rotatable bonds is 8. The molecule has 0 aromatic heterocycles. The van der Waals surface area contributed by atoms with Crippen molar-refractivity contribution in [2.24, 2.45) is 0 Å². The van der Waals surface area contributed by atoms with E-state index in [9.17, 15) is 25.2 Å². The van der Waals surface area contributed by atoms with Crippen LogP contribution in [0.2, 0.25) is 0 Å². The molecule has 0 saturated heterocycles. The Kier molecular flexibility index (Phi) is 8.65. The molecule has 0 saturated carbocycles. The SMILES string of the molecule is CC(C)(C)c1cc(CCOC(=O)CC(O)C(O)C(O)CO)cc(C(C)(C)C)c1O. The first-order chi connectivity index (χ1) is 13.2. The van der Waals surface area contributed by atoms with Crippen LogP contribution in [0, 0.1) is 0 Å². The van der Waals surface area contributed by atoms with Crippen molar-refractivity contribution in [2.45, 2.75) is 83.5 Å². The molecule has 1 aromatic carbocycles. The van der Waals surface area contributed by atoms with Gasteiger partial charge in [-0.15, -0.1) is 0 Å². The number of aliphatic hydroxyl groups is 4. The molecule has 0 bridgehead atoms. The third-order valence-electron chi connectivity index (χ3n) is 4.79. The minimum absolute atomic E-state index is 0.0716. The highest BCUT2D eigenvalue weighted by atomic mass is 16.5. The van der Waals surface area contributed by atoms with Crippen molar-refractivity contribution < 1.29 is 35.1 Å². The van der Waals surface area contributed by atoms with Gasteiger partial charge in [-0.2, -0.15) is 0 Å². The average Bonchev–Trinajstić information content (AvgIpc) is 2.59. The molecule has 3 atom stereocenters. The summed E-state index contributed by atoms with van der Waals surface area (Å²) in [4.78, 5) is 11.9. The maximum Gasteiger partial charge on any atom is 0.308 e. The number of benzene rings is 1. The molecule has 0 heterocycles. The molecule has 0 aliphatic carbocycles. The van der Waals surface area contributed by atoms with E-state index in [0.717, 1.165) is 16.7 Å². The fourth-order valence-electron chi connectivity index (χ4n) is 2.98. The van der Waals surface area contributed by atoms with Crippen LogP contribution in [0.3, 0.4) is 0 Å². The van der Waals surface area contributed by atoms with E-state index in [1.807, 2.05) is 53.7 Å². The van der Waals surface area contributed by atoms with E-state index in [-0.39, 0.29) is 23.2 Å². The Labute approximate surface area is 173 Å². The summed E-state index contributed by atoms with van der Waals surface area (Å²) in [6.07, 6.45) is -4.75. The van der Waals surface area contributed by atoms with E-state index in [2.05, 4.69) is 0 Å². The predicted octanol–water partition coefficient (Wildman–Crippen LogP) is 1.54. The fraction of sp³-hybridized carbons (Fsp3) is 0.682. The molecule has 166 valence electrons. The lowest BCUT2D eigenvalue weighted by molar-refractivity contribution is -0.150. The Balaban J connectivity index is 2.83. The first-order valence-corrected chi connectivity index (χ1v) is 9.86. The third-order valence-corrected chi connectivity index (χ3v) is 4.79. The number of hydrogen-bond donors (Lipinski definition) is 5. The third kappa shape index (κ3) is 7.26. The van der Waals surface area contributed by atoms with Gasteiger partial charge in [-0.25, -0.2) is 0 Å². The van der Waals surface area contributed by atoms with Crippen molar-refractivity contribution in [2.75, 3.05) is 13.2 Å². The van der Waals surface area contributed by atoms with Gasteiger partial charge in [0.25, 0.3) is 0 Å². The molecular formula is C22H36O7. The summed E-state index contributed by atoms with van der Waals surface area (Å²) in [7, 11) is 0. The lowest BCUT2D eigenvalue weighted by atomic mass is 9.78. The summed E-state index contributed by atoms with van der Waals surface area (Å²) in [6.45, 7) is 11.5. The Hall–Kier alpha value is -1.67. The normalized spacial score (nSPS) is 15.7. The van der Waals surface area contributed by atoms with E-state index in [1.54, 1.807) is 0 Å². The molecule has 7 nitrogen and oxygen atoms in total. The number of carbonyl (C=O) groups excluding carboxylic acids is 1. The van der Waals surface area contributed by atoms with Crippen LogP contribution in [-0.2, 0) is 26.8 Å². The Morgan fingerprint density at radius 2 is 1.45 bits per heavy atom. The van der Waals surface area contributed by atoms with Crippen molar-refractivity contribution in [1.82, 2.24) is 0 Å². The minimum atomic E-state index is -1.63. The van der Waals surface area contributed by atoms with Crippen molar-refractivity contribution in [3.63, 3.8) is 0 Å². The first kappa shape index (κ1) is 25.4. The van der Waals surface area contributed by atoms with Crippen molar-refractivity contribution >= 4 is 5.97 Å². The topological polar surface area (TPSA) is 127 Å². The van der Waals surface area contributed by atoms with Crippen LogP contribution in [0.1, 0.15) is 64.7 Å². The monoisotopic (exact) mass is 412 g/mol. The largest absolute Gasteiger partial charge is 0.507 e. The molecule has 0 fully saturated rings. The van der Waals surface area contributed by atoms with Crippen LogP contribution in [0.5, 0.6) is 5.75 Å². The molecule has 0 spiro atoms. The molecule has 1 aromatic rings. The highest BCUT2D eigenvalue weighted by molar-refractivity contribution is 5.70. The molecule has 1 rings (SSSR count). The van der Waals surface area contributed by atoms with Crippen LogP contribution >= 0.6 is 0 Å². The van der Waals surface area contributed by atoms with Gasteiger partial charge in [-0.05, 0) is 27.5 Å². The first-order valence-electron chi connectivity index (χ1n) is 9.86. The summed E-state index contributed by atoms with van der Waals surface area (Å²) >= 11 is 0. The molecule has 0 aliphatic heterocycles. The van der Waals surface area contributed by atoms with Crippen molar-refractivity contribution in [3.05, 3.63) is 28.8 Å². The molecule has 0 aliphatic rings. The van der Waals surface area contributed by atoms with E-state index in [0.29, 0.717) is 6.42 Å². The number of esters is 1. The van der Waals surface area contributed by atoms with Crippen LogP contribution < -0.4 is 0 Å². The van der Waals surface area contributed by atoms with Gasteiger partial charge in [0.1, 0.15) is 18.0 Å². The second-order valence-electron chi connectivity index (χ2n) is 9.52. The van der Waals surface area contributed by atoms with Gasteiger partial charge in [-0.1, -0.05) is 53.7 Å². The zero-order chi connectivity index (χ0) is 22.6. The number of ether oxygens (including phenoxy) is 1. The van der Waals surface area contributed by atoms with Crippen LogP contribution in [0.4, 0.5) is 0 Å². The minimum Gasteiger partial charge on any atom is -0.507 e. The van der Waals surface area contributed by atoms with E-state index < -0.39 is 37.3 Å². The zero-order valence-corrected chi connectivity index (χ0v) is 18.3. The van der Waals surface area contributed by atoms with Crippen LogP contribution in [0.15, 0.2) is 12.1 Å². The van der Waals surface area contributed by atoms with Crippen LogP contribution in [0.25, 0.3) is 0 Å². The lowest BCUT2D eigenvalue weighted by Crippen LogP contribution is -2.40. The van der Waals surface area contributed by atoms with Gasteiger partial charge in [0, 0.05) is 6.42 Å². The summed E-state index contributed by atoms with van der Waals surface area (Å²) in [6, 6.07) is 3.82. The second-order valence-corrected chi connectivity index (χ2v) is 9.52. The lowest BCUT2D eigenvalue weighted by Gasteiger charge is -2.28. The zero-order valence-electron chi connectivity index (χ0n) is 18.3. The number of hydrogen-bond acceptors (Lipinski definition) is 7. The second kappa shape index (κ2) is 9.89. The molecule has 5 N–H and O–H groups in total. The quantitative estimate of drug-likeness (QED) is 0.410. The van der Waals surface area contributed by atoms with Gasteiger partial charge < -0.3 is 30.3 Å². The number of phenols is 1. The Morgan fingerprint density at radius 1 is 0.966 bits per heavy atom. The molecular weight excluding hydrogens is 376 g/mol. The highest BCUT2D eigenvalue weighted by Crippen LogP contribution is 2.39. The number of aromatic hydroxyl groups is 1. The predicted molar refractivity (Wildman–Crippen MR) is 110 cm³/mol. The van der Waals surface area contributed by atoms with E-state index in [1.165, 1.54) is 0 Å². The average molecular weight is 413 g/mol. The summed E-state index contributed by atoms with van der Waals surface area (Å²) in [5.74, 6) is -0.433. The van der Waals surface area contributed by atoms with Gasteiger partial charge in [0.05, 0.1) is 25.7 Å². The summed E-state index contributed by atoms with van der Waals surface area (Å²) < 4.78 is 5.14. The molecule has 3 unspecified atom stereocenters. The summed E-state index contributed by atoms with van der Waals surface area (Å²) in [5.41, 5.74) is 2.04. The van der Waals surface area contributed by atoms with Gasteiger partial charge in [0.15, 0.2) is 0 Å². The molecule has 7 heteroatoms. The maximum absolute atomic E-state index is 11.9. The maximum atomic E-state index is 11.9. The van der Waals surface area contributed by atoms with Crippen LogP contribution in [-0.4, -0.2) is 63.0 Å². The smallest absolute Gasteiger partial charge is 0.308 e. The fourth-order valence-corrected chi connectivity index (χ4v) is 2.98. The highest BCUT2D eigenvalue weighted by Gasteiger charge is 2.28. The summed E-state index contributed by atoms with van der Waals surface area (Å²) in [5, 5.41) is 48.2. The van der Waals surface area contributed by atoms with E-state index in [4.69, 9.17) is 9.84 Å². The van der Waals surface area contributed by atoms with Crippen molar-refractivity contribution in [3.8, 4) is 5.75 Å².